The molecule has 1 unspecified atom stereocenters. The van der Waals surface area contributed by atoms with Gasteiger partial charge in [-0.05, 0) is 23.5 Å². The molecular formula is C28H38N4O7S. The lowest BCUT2D eigenvalue weighted by Crippen LogP contribution is -2.57. The molecule has 2 aromatic rings. The Balaban J connectivity index is 1.60. The summed E-state index contributed by atoms with van der Waals surface area (Å²) in [7, 11) is 0. The summed E-state index contributed by atoms with van der Waals surface area (Å²) in [5.41, 5.74) is 4.03. The fourth-order valence-electron chi connectivity index (χ4n) is 4.44. The molecule has 218 valence electrons. The van der Waals surface area contributed by atoms with Crippen molar-refractivity contribution in [2.75, 3.05) is 19.8 Å². The molecule has 3 amide bonds. The van der Waals surface area contributed by atoms with Gasteiger partial charge in [0.25, 0.3) is 0 Å². The topological polar surface area (TPSA) is 158 Å². The lowest BCUT2D eigenvalue weighted by Gasteiger charge is -2.35. The molecule has 1 fully saturated rings. The number of rotatable bonds is 12. The molecule has 0 aliphatic carbocycles. The SMILES string of the molecule is Cc1ncsc1-c1ccc(CNC(=O)[C@@H]2C[C@@H](O)CN2C(=O)C(NC(=O)CCOCCC(=O)O)C(C)(C)C)cc1. The summed E-state index contributed by atoms with van der Waals surface area (Å²) in [6.07, 6.45) is -0.972. The highest BCUT2D eigenvalue weighted by Crippen LogP contribution is 2.28. The van der Waals surface area contributed by atoms with Gasteiger partial charge in [0.15, 0.2) is 0 Å². The van der Waals surface area contributed by atoms with Gasteiger partial charge < -0.3 is 30.5 Å². The van der Waals surface area contributed by atoms with E-state index in [4.69, 9.17) is 9.84 Å². The Morgan fingerprint density at radius 3 is 2.42 bits per heavy atom. The van der Waals surface area contributed by atoms with Crippen LogP contribution >= 0.6 is 11.3 Å². The first-order valence-electron chi connectivity index (χ1n) is 13.2. The number of amides is 3. The number of nitrogens with one attached hydrogen (secondary N) is 2. The summed E-state index contributed by atoms with van der Waals surface area (Å²) in [4.78, 5) is 56.6. The Bertz CT molecular complexity index is 1190. The molecule has 3 atom stereocenters. The van der Waals surface area contributed by atoms with E-state index < -0.39 is 41.4 Å². The number of carboxylic acid groups (broad SMARTS) is 1. The van der Waals surface area contributed by atoms with E-state index in [2.05, 4.69) is 15.6 Å². The molecule has 0 bridgehead atoms. The second-order valence-corrected chi connectivity index (χ2v) is 11.8. The highest BCUT2D eigenvalue weighted by atomic mass is 32.1. The summed E-state index contributed by atoms with van der Waals surface area (Å²) in [5, 5.41) is 24.6. The lowest BCUT2D eigenvalue weighted by molar-refractivity contribution is -0.144. The first-order valence-corrected chi connectivity index (χ1v) is 14.1. The number of aliphatic carboxylic acids is 1. The number of aryl methyl sites for hydroxylation is 1. The van der Waals surface area contributed by atoms with Crippen LogP contribution in [-0.4, -0.2) is 81.7 Å². The first-order chi connectivity index (χ1) is 18.9. The van der Waals surface area contributed by atoms with E-state index in [0.717, 1.165) is 21.7 Å². The number of aliphatic hydroxyl groups excluding tert-OH is 1. The first kappa shape index (κ1) is 31.2. The second kappa shape index (κ2) is 13.8. The molecular weight excluding hydrogens is 536 g/mol. The molecule has 1 aromatic heterocycles. The normalized spacial score (nSPS) is 17.9. The number of thiazole rings is 1. The van der Waals surface area contributed by atoms with Gasteiger partial charge in [0.05, 0.1) is 41.8 Å². The predicted octanol–water partition coefficient (Wildman–Crippen LogP) is 2.11. The molecule has 0 spiro atoms. The molecule has 1 aliphatic heterocycles. The number of carboxylic acids is 1. The smallest absolute Gasteiger partial charge is 0.305 e. The van der Waals surface area contributed by atoms with Crippen molar-refractivity contribution in [1.29, 1.82) is 0 Å². The molecule has 0 saturated carbocycles. The summed E-state index contributed by atoms with van der Waals surface area (Å²) >= 11 is 1.57. The van der Waals surface area contributed by atoms with Crippen molar-refractivity contribution in [2.24, 2.45) is 5.41 Å². The van der Waals surface area contributed by atoms with Crippen LogP contribution in [0.1, 0.15) is 51.3 Å². The Morgan fingerprint density at radius 2 is 1.82 bits per heavy atom. The van der Waals surface area contributed by atoms with Crippen LogP contribution in [-0.2, 0) is 30.5 Å². The zero-order valence-electron chi connectivity index (χ0n) is 23.3. The number of aliphatic hydroxyl groups is 1. The fraction of sp³-hybridized carbons (Fsp3) is 0.536. The number of hydrogen-bond donors (Lipinski definition) is 4. The summed E-state index contributed by atoms with van der Waals surface area (Å²) < 4.78 is 5.17. The number of aromatic nitrogens is 1. The molecule has 1 saturated heterocycles. The van der Waals surface area contributed by atoms with E-state index in [-0.39, 0.29) is 51.5 Å². The van der Waals surface area contributed by atoms with E-state index in [1.807, 2.05) is 31.2 Å². The molecule has 11 nitrogen and oxygen atoms in total. The van der Waals surface area contributed by atoms with Crippen LogP contribution in [0.15, 0.2) is 29.8 Å². The highest BCUT2D eigenvalue weighted by Gasteiger charge is 2.44. The van der Waals surface area contributed by atoms with Crippen LogP contribution in [0.4, 0.5) is 0 Å². The molecule has 4 N–H and O–H groups in total. The van der Waals surface area contributed by atoms with Gasteiger partial charge in [-0.25, -0.2) is 4.98 Å². The molecule has 3 rings (SSSR count). The Labute approximate surface area is 237 Å². The van der Waals surface area contributed by atoms with Crippen molar-refractivity contribution >= 4 is 35.0 Å². The zero-order valence-corrected chi connectivity index (χ0v) is 24.1. The minimum absolute atomic E-state index is 0.0113. The number of β-amino-alcohol motifs (C(OH)–C–C–N with tert-alkyl or cyclic N) is 1. The average molecular weight is 575 g/mol. The second-order valence-electron chi connectivity index (χ2n) is 11.0. The van der Waals surface area contributed by atoms with Gasteiger partial charge in [0.2, 0.25) is 17.7 Å². The van der Waals surface area contributed by atoms with Gasteiger partial charge >= 0.3 is 5.97 Å². The van der Waals surface area contributed by atoms with Crippen molar-refractivity contribution in [3.8, 4) is 10.4 Å². The monoisotopic (exact) mass is 574 g/mol. The van der Waals surface area contributed by atoms with Crippen LogP contribution < -0.4 is 10.6 Å². The van der Waals surface area contributed by atoms with Crippen molar-refractivity contribution in [2.45, 2.75) is 71.7 Å². The predicted molar refractivity (Wildman–Crippen MR) is 149 cm³/mol. The highest BCUT2D eigenvalue weighted by molar-refractivity contribution is 7.13. The summed E-state index contributed by atoms with van der Waals surface area (Å²) in [6.45, 7) is 7.62. The third kappa shape index (κ3) is 8.57. The van der Waals surface area contributed by atoms with Crippen LogP contribution in [0.5, 0.6) is 0 Å². The van der Waals surface area contributed by atoms with Gasteiger partial charge in [0.1, 0.15) is 12.1 Å². The van der Waals surface area contributed by atoms with Gasteiger partial charge in [-0.3, -0.25) is 19.2 Å². The third-order valence-electron chi connectivity index (χ3n) is 6.65. The number of likely N-dealkylation sites (tertiary alicyclic amines) is 1. The number of benzene rings is 1. The van der Waals surface area contributed by atoms with Crippen molar-refractivity contribution < 1.29 is 34.1 Å². The van der Waals surface area contributed by atoms with Gasteiger partial charge in [0, 0.05) is 25.9 Å². The van der Waals surface area contributed by atoms with E-state index >= 15 is 0 Å². The minimum Gasteiger partial charge on any atom is -0.481 e. The van der Waals surface area contributed by atoms with Gasteiger partial charge in [-0.1, -0.05) is 45.0 Å². The Hall–Kier alpha value is -3.35. The number of nitrogens with zero attached hydrogens (tertiary/aromatic N) is 2. The van der Waals surface area contributed by atoms with E-state index in [1.54, 1.807) is 37.6 Å². The third-order valence-corrected chi connectivity index (χ3v) is 7.62. The van der Waals surface area contributed by atoms with Crippen LogP contribution in [0.3, 0.4) is 0 Å². The minimum atomic E-state index is -0.992. The Morgan fingerprint density at radius 1 is 1.15 bits per heavy atom. The van der Waals surface area contributed by atoms with Crippen LogP contribution in [0.2, 0.25) is 0 Å². The average Bonchev–Trinajstić information content (AvgIpc) is 3.50. The van der Waals surface area contributed by atoms with Gasteiger partial charge in [-0.2, -0.15) is 0 Å². The largest absolute Gasteiger partial charge is 0.481 e. The standard InChI is InChI=1S/C28H38N4O7S/c1-17-24(40-16-30-17)19-7-5-18(6-8-19)14-29-26(37)21-13-20(33)15-32(21)27(38)25(28(2,3)4)31-22(34)9-11-39-12-10-23(35)36/h5-8,16,20-21,25,33H,9-15H2,1-4H3,(H,29,37)(H,31,34)(H,35,36)/t20-,21+,25?/m1/s1. The van der Waals surface area contributed by atoms with Gasteiger partial charge in [-0.15, -0.1) is 11.3 Å². The van der Waals surface area contributed by atoms with E-state index in [0.29, 0.717) is 0 Å². The number of carbonyl (C=O) groups excluding carboxylic acids is 3. The number of hydrogen-bond acceptors (Lipinski definition) is 8. The van der Waals surface area contributed by atoms with Crippen molar-refractivity contribution in [3.05, 3.63) is 41.0 Å². The summed E-state index contributed by atoms with van der Waals surface area (Å²) in [6, 6.07) is 6.00. The summed E-state index contributed by atoms with van der Waals surface area (Å²) in [5.74, 6) is -2.25. The van der Waals surface area contributed by atoms with E-state index in [1.165, 1.54) is 4.90 Å². The zero-order chi connectivity index (χ0) is 29.4. The maximum absolute atomic E-state index is 13.6. The maximum atomic E-state index is 13.6. The number of ether oxygens (including phenoxy) is 1. The van der Waals surface area contributed by atoms with Crippen molar-refractivity contribution in [3.63, 3.8) is 0 Å². The molecule has 12 heteroatoms. The molecule has 0 radical (unpaired) electrons. The van der Waals surface area contributed by atoms with Crippen LogP contribution in [0.25, 0.3) is 10.4 Å². The molecule has 1 aliphatic rings. The van der Waals surface area contributed by atoms with E-state index in [9.17, 15) is 24.3 Å². The molecule has 1 aromatic carbocycles. The molecule has 2 heterocycles. The van der Waals surface area contributed by atoms with Crippen LogP contribution in [0, 0.1) is 12.3 Å². The Kier molecular flexibility index (Phi) is 10.8. The molecule has 40 heavy (non-hydrogen) atoms. The van der Waals surface area contributed by atoms with Crippen molar-refractivity contribution in [1.82, 2.24) is 20.5 Å². The fourth-order valence-corrected chi connectivity index (χ4v) is 5.25. The number of carbonyl (C=O) groups is 4. The quantitative estimate of drug-likeness (QED) is 0.281. The maximum Gasteiger partial charge on any atom is 0.305 e. The lowest BCUT2D eigenvalue weighted by atomic mass is 9.85.